The van der Waals surface area contributed by atoms with E-state index < -0.39 is 0 Å². The van der Waals surface area contributed by atoms with Crippen LogP contribution in [0.1, 0.15) is 29.6 Å². The zero-order valence-electron chi connectivity index (χ0n) is 17.1. The second-order valence-electron chi connectivity index (χ2n) is 7.56. The summed E-state index contributed by atoms with van der Waals surface area (Å²) in [5.41, 5.74) is 0.484. The molecule has 6 nitrogen and oxygen atoms in total. The Morgan fingerprint density at radius 3 is 2.66 bits per heavy atom. The summed E-state index contributed by atoms with van der Waals surface area (Å²) in [5.74, 6) is 0.911. The number of methoxy groups -OCH3 is 2. The fraction of sp³-hybridized carbons (Fsp3) is 0.545. The van der Waals surface area contributed by atoms with Gasteiger partial charge in [-0.3, -0.25) is 9.59 Å². The van der Waals surface area contributed by atoms with Crippen LogP contribution < -0.4 is 4.74 Å². The topological polar surface area (TPSA) is 59.1 Å². The molecule has 1 aromatic rings. The predicted molar refractivity (Wildman–Crippen MR) is 112 cm³/mol. The van der Waals surface area contributed by atoms with Crippen LogP contribution in [0, 0.1) is 11.8 Å². The van der Waals surface area contributed by atoms with Gasteiger partial charge in [0.15, 0.2) is 0 Å². The maximum atomic E-state index is 13.0. The highest BCUT2D eigenvalue weighted by Crippen LogP contribution is 2.32. The van der Waals surface area contributed by atoms with Crippen molar-refractivity contribution in [3.63, 3.8) is 0 Å². The van der Waals surface area contributed by atoms with Gasteiger partial charge in [-0.15, -0.1) is 0 Å². The Hall–Kier alpha value is -2.05. The lowest BCUT2D eigenvalue weighted by molar-refractivity contribution is -0.137. The molecule has 3 rings (SSSR count). The van der Waals surface area contributed by atoms with Gasteiger partial charge in [-0.1, -0.05) is 23.8 Å². The Morgan fingerprint density at radius 1 is 1.21 bits per heavy atom. The summed E-state index contributed by atoms with van der Waals surface area (Å²) in [7, 11) is 3.20. The molecule has 1 unspecified atom stereocenters. The number of nitrogens with zero attached hydrogens (tertiary/aromatic N) is 2. The third kappa shape index (κ3) is 5.11. The van der Waals surface area contributed by atoms with Crippen LogP contribution >= 0.6 is 11.6 Å². The number of amides is 2. The number of benzene rings is 1. The average Bonchev–Trinajstić information content (AvgIpc) is 2.93. The van der Waals surface area contributed by atoms with Gasteiger partial charge in [-0.25, -0.2) is 0 Å². The Morgan fingerprint density at radius 2 is 1.97 bits per heavy atom. The van der Waals surface area contributed by atoms with E-state index in [0.717, 1.165) is 19.3 Å². The van der Waals surface area contributed by atoms with E-state index in [0.29, 0.717) is 49.1 Å². The van der Waals surface area contributed by atoms with Crippen molar-refractivity contribution in [2.24, 2.45) is 11.8 Å². The van der Waals surface area contributed by atoms with Crippen LogP contribution in [-0.4, -0.2) is 68.6 Å². The van der Waals surface area contributed by atoms with E-state index >= 15 is 0 Å². The Kier molecular flexibility index (Phi) is 7.56. The molecule has 0 saturated carbocycles. The maximum Gasteiger partial charge on any atom is 0.257 e. The molecule has 7 heteroatoms. The number of hydrogen-bond donors (Lipinski definition) is 0. The first-order valence-electron chi connectivity index (χ1n) is 10.1. The van der Waals surface area contributed by atoms with Crippen molar-refractivity contribution in [2.45, 2.75) is 19.3 Å². The first-order chi connectivity index (χ1) is 14.0. The molecule has 0 spiro atoms. The molecule has 29 heavy (non-hydrogen) atoms. The van der Waals surface area contributed by atoms with E-state index in [9.17, 15) is 9.59 Å². The lowest BCUT2D eigenvalue weighted by atomic mass is 9.81. The van der Waals surface area contributed by atoms with Crippen LogP contribution in [0.5, 0.6) is 5.75 Å². The molecular formula is C22H29ClN2O4. The van der Waals surface area contributed by atoms with Crippen LogP contribution in [0.3, 0.4) is 0 Å². The molecule has 0 aromatic heterocycles. The summed E-state index contributed by atoms with van der Waals surface area (Å²) in [6.07, 6.45) is 6.58. The molecular weight excluding hydrogens is 392 g/mol. The minimum absolute atomic E-state index is 0.0245. The maximum absolute atomic E-state index is 13.0. The Labute approximate surface area is 177 Å². The zero-order valence-corrected chi connectivity index (χ0v) is 17.9. The molecule has 0 N–H and O–H groups in total. The van der Waals surface area contributed by atoms with Gasteiger partial charge >= 0.3 is 0 Å². The first-order valence-corrected chi connectivity index (χ1v) is 10.5. The zero-order chi connectivity index (χ0) is 20.8. The number of rotatable bonds is 6. The van der Waals surface area contributed by atoms with Crippen molar-refractivity contribution >= 4 is 23.4 Å². The normalized spacial score (nSPS) is 20.7. The van der Waals surface area contributed by atoms with Gasteiger partial charge in [0, 0.05) is 44.2 Å². The highest BCUT2D eigenvalue weighted by atomic mass is 35.5. The van der Waals surface area contributed by atoms with E-state index in [2.05, 4.69) is 12.2 Å². The van der Waals surface area contributed by atoms with Crippen LogP contribution in [0.4, 0.5) is 0 Å². The fourth-order valence-corrected chi connectivity index (χ4v) is 4.36. The summed E-state index contributed by atoms with van der Waals surface area (Å²) in [6, 6.07) is 5.08. The summed E-state index contributed by atoms with van der Waals surface area (Å²) in [5, 5.41) is 0.510. The molecule has 0 bridgehead atoms. The van der Waals surface area contributed by atoms with Crippen LogP contribution in [0.25, 0.3) is 0 Å². The van der Waals surface area contributed by atoms with Gasteiger partial charge in [-0.05, 0) is 43.4 Å². The van der Waals surface area contributed by atoms with E-state index in [1.165, 1.54) is 0 Å². The third-order valence-corrected chi connectivity index (χ3v) is 6.10. The smallest absolute Gasteiger partial charge is 0.257 e. The number of piperidine rings is 1. The van der Waals surface area contributed by atoms with E-state index in [1.807, 2.05) is 9.80 Å². The molecule has 2 aliphatic heterocycles. The lowest BCUT2D eigenvalue weighted by Gasteiger charge is -2.36. The number of allylic oxidation sites excluding steroid dienone is 1. The van der Waals surface area contributed by atoms with Crippen molar-refractivity contribution in [3.8, 4) is 5.75 Å². The standard InChI is InChI=1S/C22H29ClN2O4/c1-28-14-13-24-10-4-3-5-18(21(24)26)16-8-11-25(12-9-16)22(27)19-15-17(23)6-7-20(19)29-2/h3-4,6-7,15-16,18H,5,8-14H2,1-2H3. The summed E-state index contributed by atoms with van der Waals surface area (Å²) >= 11 is 6.08. The van der Waals surface area contributed by atoms with Crippen molar-refractivity contribution in [2.75, 3.05) is 47.0 Å². The van der Waals surface area contributed by atoms with Gasteiger partial charge in [0.05, 0.1) is 19.3 Å². The number of carbonyl (C=O) groups excluding carboxylic acids is 2. The molecule has 2 aliphatic rings. The molecule has 158 valence electrons. The number of halogens is 1. The quantitative estimate of drug-likeness (QED) is 0.663. The highest BCUT2D eigenvalue weighted by Gasteiger charge is 2.35. The van der Waals surface area contributed by atoms with Crippen molar-refractivity contribution < 1.29 is 19.1 Å². The molecule has 0 aliphatic carbocycles. The lowest BCUT2D eigenvalue weighted by Crippen LogP contribution is -2.44. The summed E-state index contributed by atoms with van der Waals surface area (Å²) in [4.78, 5) is 29.7. The molecule has 1 aromatic carbocycles. The fourth-order valence-electron chi connectivity index (χ4n) is 4.19. The minimum Gasteiger partial charge on any atom is -0.496 e. The minimum atomic E-state index is -0.0726. The summed E-state index contributed by atoms with van der Waals surface area (Å²) < 4.78 is 10.5. The van der Waals surface area contributed by atoms with E-state index in [1.54, 1.807) is 32.4 Å². The molecule has 1 fully saturated rings. The molecule has 1 atom stereocenters. The third-order valence-electron chi connectivity index (χ3n) is 5.86. The van der Waals surface area contributed by atoms with Gasteiger partial charge in [-0.2, -0.15) is 0 Å². The number of likely N-dealkylation sites (tertiary alicyclic amines) is 1. The Bertz CT molecular complexity index is 759. The second kappa shape index (κ2) is 10.1. The number of hydrogen-bond acceptors (Lipinski definition) is 4. The molecule has 2 heterocycles. The van der Waals surface area contributed by atoms with Crippen molar-refractivity contribution in [1.82, 2.24) is 9.80 Å². The van der Waals surface area contributed by atoms with Gasteiger partial charge < -0.3 is 19.3 Å². The van der Waals surface area contributed by atoms with Crippen LogP contribution in [-0.2, 0) is 9.53 Å². The van der Waals surface area contributed by atoms with Gasteiger partial charge in [0.25, 0.3) is 5.91 Å². The van der Waals surface area contributed by atoms with E-state index in [-0.39, 0.29) is 23.7 Å². The molecule has 0 radical (unpaired) electrons. The SMILES string of the molecule is COCCN1CC=CCC(C2CCN(C(=O)c3cc(Cl)ccc3OC)CC2)C1=O. The van der Waals surface area contributed by atoms with Crippen LogP contribution in [0.2, 0.25) is 5.02 Å². The van der Waals surface area contributed by atoms with Gasteiger partial charge in [0.2, 0.25) is 5.91 Å². The van der Waals surface area contributed by atoms with Crippen molar-refractivity contribution in [3.05, 3.63) is 40.9 Å². The van der Waals surface area contributed by atoms with Crippen LogP contribution in [0.15, 0.2) is 30.4 Å². The summed E-state index contributed by atoms with van der Waals surface area (Å²) in [6.45, 7) is 3.06. The van der Waals surface area contributed by atoms with E-state index in [4.69, 9.17) is 21.1 Å². The second-order valence-corrected chi connectivity index (χ2v) is 8.00. The van der Waals surface area contributed by atoms with Gasteiger partial charge in [0.1, 0.15) is 5.75 Å². The molecule has 2 amide bonds. The molecule has 1 saturated heterocycles. The Balaban J connectivity index is 1.64. The monoisotopic (exact) mass is 420 g/mol. The van der Waals surface area contributed by atoms with Crippen molar-refractivity contribution in [1.29, 1.82) is 0 Å². The first kappa shape index (κ1) is 21.7. The largest absolute Gasteiger partial charge is 0.496 e. The number of carbonyl (C=O) groups is 2. The number of ether oxygens (including phenoxy) is 2. The highest BCUT2D eigenvalue weighted by molar-refractivity contribution is 6.31. The average molecular weight is 421 g/mol. The predicted octanol–water partition coefficient (Wildman–Crippen LogP) is 3.25.